The summed E-state index contributed by atoms with van der Waals surface area (Å²) in [6, 6.07) is 7.20. The molecule has 2 aromatic heterocycles. The molecule has 0 aliphatic heterocycles. The lowest BCUT2D eigenvalue weighted by molar-refractivity contribution is -0.142. The number of nitrogens with one attached hydrogen (secondary N) is 7. The smallest absolute Gasteiger partial charge is 0.326 e. The quantitative estimate of drug-likeness (QED) is 0.0260. The van der Waals surface area contributed by atoms with Crippen molar-refractivity contribution in [1.82, 2.24) is 36.6 Å². The highest BCUT2D eigenvalue weighted by molar-refractivity contribution is 5.97. The van der Waals surface area contributed by atoms with E-state index in [1.54, 1.807) is 19.3 Å². The third-order valence-electron chi connectivity index (χ3n) is 10.7. The number of guanidine groups is 1. The number of aliphatic hydroxyl groups excluding tert-OH is 1. The van der Waals surface area contributed by atoms with Crippen LogP contribution in [0.5, 0.6) is 0 Å². The number of carboxylic acids is 1. The SMILES string of the molecule is CC[C@H](C)[C@H](NC(=O)[C@@H](N)CO)C(=O)N[C@@H](CCCN=C(N)N)C(=O)N[C@@H](Cc1c[nH]c2ccccc12)C(=O)N[C@@H](Cc1c[nH]c2ccccc12)C(=O)N[C@@H](CC(C)C)C(=O)O. The van der Waals surface area contributed by atoms with E-state index in [4.69, 9.17) is 17.2 Å². The van der Waals surface area contributed by atoms with Crippen LogP contribution in [0.3, 0.4) is 0 Å². The summed E-state index contributed by atoms with van der Waals surface area (Å²) in [6.45, 7) is 6.66. The Labute approximate surface area is 359 Å². The Morgan fingerprint density at radius 1 is 0.694 bits per heavy atom. The van der Waals surface area contributed by atoms with Gasteiger partial charge in [0.2, 0.25) is 29.5 Å². The first-order valence-corrected chi connectivity index (χ1v) is 20.8. The number of nitrogens with zero attached hydrogens (tertiary/aromatic N) is 1. The average Bonchev–Trinajstić information content (AvgIpc) is 3.85. The number of H-pyrrole nitrogens is 2. The number of carbonyl (C=O) groups excluding carboxylic acids is 5. The van der Waals surface area contributed by atoms with Crippen molar-refractivity contribution in [2.75, 3.05) is 13.2 Å². The Balaban J connectivity index is 1.71. The zero-order valence-corrected chi connectivity index (χ0v) is 35.6. The van der Waals surface area contributed by atoms with Crippen molar-refractivity contribution in [2.45, 2.75) is 102 Å². The van der Waals surface area contributed by atoms with Gasteiger partial charge in [0.05, 0.1) is 6.61 Å². The molecule has 0 saturated carbocycles. The molecule has 0 unspecified atom stereocenters. The number of carbonyl (C=O) groups is 6. The van der Waals surface area contributed by atoms with Crippen molar-refractivity contribution < 1.29 is 39.0 Å². The fraction of sp³-hybridized carbons (Fsp3) is 0.465. The molecule has 2 aromatic carbocycles. The van der Waals surface area contributed by atoms with Crippen LogP contribution in [0, 0.1) is 11.8 Å². The van der Waals surface area contributed by atoms with Crippen LogP contribution in [0.15, 0.2) is 65.9 Å². The van der Waals surface area contributed by atoms with Crippen LogP contribution in [0.1, 0.15) is 64.5 Å². The summed E-state index contributed by atoms with van der Waals surface area (Å²) >= 11 is 0. The van der Waals surface area contributed by atoms with Crippen LogP contribution in [0.4, 0.5) is 0 Å². The van der Waals surface area contributed by atoms with Gasteiger partial charge in [-0.25, -0.2) is 4.79 Å². The monoisotopic (exact) mass is 859 g/mol. The van der Waals surface area contributed by atoms with E-state index < -0.39 is 84.3 Å². The molecule has 0 bridgehead atoms. The first kappa shape index (κ1) is 48.2. The standard InChI is InChI=1S/C43H61N11O8/c1-5-24(4)36(54-37(56)29(44)22-55)41(60)50-32(15-10-16-47-43(45)46)38(57)51-33(18-25-20-48-30-13-8-6-11-27(25)30)39(58)52-34(40(59)53-35(42(61)62)17-23(2)3)19-26-21-49-31-14-9-7-12-28(26)31/h6-9,11-14,20-21,23-24,29,32-36,48-49,55H,5,10,15-19,22,44H2,1-4H3,(H,50,60)(H,51,57)(H,52,58)(H,53,59)(H,54,56)(H,61,62)(H4,45,46,47)/t24-,29-,32-,33-,34-,35-,36-/m0/s1. The highest BCUT2D eigenvalue weighted by Gasteiger charge is 2.35. The first-order valence-electron chi connectivity index (χ1n) is 20.8. The molecule has 0 saturated heterocycles. The van der Waals surface area contributed by atoms with Gasteiger partial charge in [0, 0.05) is 53.6 Å². The van der Waals surface area contributed by atoms with Gasteiger partial charge in [-0.2, -0.15) is 0 Å². The predicted octanol–water partition coefficient (Wildman–Crippen LogP) is 0.408. The number of aromatic amines is 2. The number of amides is 5. The topological polar surface area (TPSA) is 325 Å². The fourth-order valence-corrected chi connectivity index (χ4v) is 7.05. The van der Waals surface area contributed by atoms with Crippen molar-refractivity contribution in [3.8, 4) is 0 Å². The van der Waals surface area contributed by atoms with Crippen molar-refractivity contribution in [1.29, 1.82) is 0 Å². The minimum atomic E-state index is -1.34. The van der Waals surface area contributed by atoms with Gasteiger partial charge in [-0.05, 0) is 54.4 Å². The van der Waals surface area contributed by atoms with Gasteiger partial charge in [0.1, 0.15) is 36.3 Å². The van der Waals surface area contributed by atoms with Crippen molar-refractivity contribution in [3.05, 3.63) is 72.1 Å². The molecule has 2 heterocycles. The second-order valence-electron chi connectivity index (χ2n) is 15.9. The van der Waals surface area contributed by atoms with Crippen LogP contribution in [0.25, 0.3) is 21.8 Å². The number of hydrogen-bond acceptors (Lipinski definition) is 9. The molecule has 336 valence electrons. The van der Waals surface area contributed by atoms with Crippen molar-refractivity contribution in [3.63, 3.8) is 0 Å². The highest BCUT2D eigenvalue weighted by Crippen LogP contribution is 2.22. The van der Waals surface area contributed by atoms with Crippen LogP contribution in [0.2, 0.25) is 0 Å². The lowest BCUT2D eigenvalue weighted by Gasteiger charge is -2.29. The molecule has 19 nitrogen and oxygen atoms in total. The molecule has 4 rings (SSSR count). The van der Waals surface area contributed by atoms with Gasteiger partial charge in [-0.3, -0.25) is 29.0 Å². The highest BCUT2D eigenvalue weighted by atomic mass is 16.4. The Bertz CT molecular complexity index is 2200. The maximum atomic E-state index is 14.6. The van der Waals surface area contributed by atoms with Gasteiger partial charge in [-0.1, -0.05) is 70.5 Å². The maximum absolute atomic E-state index is 14.6. The molecule has 5 amide bonds. The zero-order chi connectivity index (χ0) is 45.5. The summed E-state index contributed by atoms with van der Waals surface area (Å²) in [5.74, 6) is -5.61. The van der Waals surface area contributed by atoms with Gasteiger partial charge >= 0.3 is 5.97 Å². The lowest BCUT2D eigenvalue weighted by atomic mass is 9.97. The molecule has 62 heavy (non-hydrogen) atoms. The minimum absolute atomic E-state index is 0.00509. The van der Waals surface area contributed by atoms with E-state index in [9.17, 15) is 39.0 Å². The second-order valence-corrected chi connectivity index (χ2v) is 15.9. The molecule has 0 aliphatic carbocycles. The number of carboxylic acid groups (broad SMARTS) is 1. The van der Waals surface area contributed by atoms with E-state index >= 15 is 0 Å². The molecule has 19 heteroatoms. The Morgan fingerprint density at radius 2 is 1.18 bits per heavy atom. The minimum Gasteiger partial charge on any atom is -0.480 e. The Hall–Kier alpha value is -6.47. The van der Waals surface area contributed by atoms with Gasteiger partial charge in [0.15, 0.2) is 5.96 Å². The molecule has 0 radical (unpaired) electrons. The van der Waals surface area contributed by atoms with Crippen LogP contribution in [-0.2, 0) is 41.6 Å². The van der Waals surface area contributed by atoms with Crippen molar-refractivity contribution >= 4 is 63.3 Å². The molecule has 7 atom stereocenters. The number of hydrogen-bond donors (Lipinski definition) is 12. The Kier molecular flexibility index (Phi) is 17.8. The molecule has 0 spiro atoms. The van der Waals surface area contributed by atoms with Crippen LogP contribution in [-0.4, -0.2) is 111 Å². The summed E-state index contributed by atoms with van der Waals surface area (Å²) in [6.07, 6.45) is 4.15. The van der Waals surface area contributed by atoms with Gasteiger partial charge in [0.25, 0.3) is 0 Å². The Morgan fingerprint density at radius 3 is 1.65 bits per heavy atom. The van der Waals surface area contributed by atoms with E-state index in [1.807, 2.05) is 69.3 Å². The second kappa shape index (κ2) is 22.9. The molecular weight excluding hydrogens is 799 g/mol. The molecule has 4 aromatic rings. The largest absolute Gasteiger partial charge is 0.480 e. The number of para-hydroxylation sites is 2. The third kappa shape index (κ3) is 13.5. The van der Waals surface area contributed by atoms with E-state index in [0.717, 1.165) is 21.8 Å². The molecule has 0 aliphatic rings. The summed E-state index contributed by atoms with van der Waals surface area (Å²) in [4.78, 5) is 92.2. The average molecular weight is 860 g/mol. The number of aromatic nitrogens is 2. The van der Waals surface area contributed by atoms with Crippen LogP contribution >= 0.6 is 0 Å². The number of aliphatic carboxylic acids is 1. The number of rotatable bonds is 24. The predicted molar refractivity (Wildman–Crippen MR) is 235 cm³/mol. The number of aliphatic hydroxyl groups is 1. The fourth-order valence-electron chi connectivity index (χ4n) is 7.05. The van der Waals surface area contributed by atoms with Crippen molar-refractivity contribution in [2.24, 2.45) is 34.0 Å². The van der Waals surface area contributed by atoms with E-state index in [-0.39, 0.29) is 50.5 Å². The summed E-state index contributed by atoms with van der Waals surface area (Å²) in [5, 5.41) is 34.5. The summed E-state index contributed by atoms with van der Waals surface area (Å²) in [5.41, 5.74) is 19.7. The maximum Gasteiger partial charge on any atom is 0.326 e. The third-order valence-corrected chi connectivity index (χ3v) is 10.7. The van der Waals surface area contributed by atoms with Gasteiger partial charge < -0.3 is 64.0 Å². The number of aliphatic imine (C=N–C) groups is 1. The van der Waals surface area contributed by atoms with E-state index in [0.29, 0.717) is 17.5 Å². The molecule has 15 N–H and O–H groups in total. The lowest BCUT2D eigenvalue weighted by Crippen LogP contribution is -2.60. The van der Waals surface area contributed by atoms with E-state index in [1.165, 1.54) is 0 Å². The molecule has 0 fully saturated rings. The summed E-state index contributed by atoms with van der Waals surface area (Å²) in [7, 11) is 0. The van der Waals surface area contributed by atoms with E-state index in [2.05, 4.69) is 41.5 Å². The number of fused-ring (bicyclic) bond motifs is 2. The number of benzene rings is 2. The normalized spacial score (nSPS) is 14.8. The molecular formula is C43H61N11O8. The first-order chi connectivity index (χ1) is 29.5. The number of nitrogens with two attached hydrogens (primary N) is 3. The van der Waals surface area contributed by atoms with Gasteiger partial charge in [-0.15, -0.1) is 0 Å². The zero-order valence-electron chi connectivity index (χ0n) is 35.6. The summed E-state index contributed by atoms with van der Waals surface area (Å²) < 4.78 is 0. The van der Waals surface area contributed by atoms with Crippen LogP contribution < -0.4 is 43.8 Å².